The van der Waals surface area contributed by atoms with Gasteiger partial charge in [-0.3, -0.25) is 0 Å². The third-order valence-corrected chi connectivity index (χ3v) is 6.06. The van der Waals surface area contributed by atoms with Crippen LogP contribution in [0.2, 0.25) is 0 Å². The van der Waals surface area contributed by atoms with Gasteiger partial charge in [0.05, 0.1) is 47.7 Å². The van der Waals surface area contributed by atoms with Crippen molar-refractivity contribution >= 4 is 16.7 Å². The highest BCUT2D eigenvalue weighted by Crippen LogP contribution is 2.32. The van der Waals surface area contributed by atoms with Crippen LogP contribution in [-0.4, -0.2) is 52.0 Å². The Morgan fingerprint density at radius 2 is 1.94 bits per heavy atom. The number of fused-ring (bicyclic) bond motifs is 1. The van der Waals surface area contributed by atoms with Crippen molar-refractivity contribution in [2.45, 2.75) is 50.7 Å². The quantitative estimate of drug-likeness (QED) is 0.463. The second-order valence-electron chi connectivity index (χ2n) is 8.45. The Hall–Kier alpha value is -4.35. The number of nitrogens with one attached hydrogen (secondary N) is 1. The third-order valence-electron chi connectivity index (χ3n) is 6.06. The Labute approximate surface area is 195 Å². The number of aliphatic hydroxyl groups excluding tert-OH is 1. The second-order valence-corrected chi connectivity index (χ2v) is 8.45. The first-order valence-electron chi connectivity index (χ1n) is 11.1. The predicted octanol–water partition coefficient (Wildman–Crippen LogP) is 2.61. The minimum absolute atomic E-state index is 0.231. The van der Waals surface area contributed by atoms with Gasteiger partial charge in [0.2, 0.25) is 0 Å². The summed E-state index contributed by atoms with van der Waals surface area (Å²) in [5, 5.41) is 45.2. The molecule has 0 amide bonds. The maximum atomic E-state index is 9.79. The van der Waals surface area contributed by atoms with Crippen LogP contribution in [-0.2, 0) is 0 Å². The average molecular weight is 454 g/mol. The smallest absolute Gasteiger partial charge is 0.164 e. The fraction of sp³-hybridized carbons (Fsp3) is 0.348. The van der Waals surface area contributed by atoms with Crippen LogP contribution in [0.5, 0.6) is 0 Å². The number of nitriles is 2. The molecule has 11 heteroatoms. The first kappa shape index (κ1) is 21.5. The molecule has 5 rings (SSSR count). The minimum atomic E-state index is -0.456. The van der Waals surface area contributed by atoms with Gasteiger partial charge in [-0.15, -0.1) is 5.10 Å². The fourth-order valence-electron chi connectivity index (χ4n) is 4.22. The Morgan fingerprint density at radius 1 is 1.12 bits per heavy atom. The van der Waals surface area contributed by atoms with Gasteiger partial charge < -0.3 is 10.4 Å². The monoisotopic (exact) mass is 454 g/mol. The lowest BCUT2D eigenvalue weighted by molar-refractivity contribution is 0.122. The molecule has 170 valence electrons. The van der Waals surface area contributed by atoms with E-state index in [0.717, 1.165) is 36.8 Å². The Kier molecular flexibility index (Phi) is 5.62. The third kappa shape index (κ3) is 4.05. The average Bonchev–Trinajstić information content (AvgIpc) is 3.51. The van der Waals surface area contributed by atoms with Crippen molar-refractivity contribution in [3.05, 3.63) is 48.2 Å². The summed E-state index contributed by atoms with van der Waals surface area (Å²) in [6.07, 6.45) is 9.72. The summed E-state index contributed by atoms with van der Waals surface area (Å²) in [4.78, 5) is 8.92. The number of hydrogen-bond acceptors (Lipinski definition) is 9. The van der Waals surface area contributed by atoms with Crippen molar-refractivity contribution < 1.29 is 5.11 Å². The van der Waals surface area contributed by atoms with Crippen molar-refractivity contribution in [1.82, 2.24) is 34.7 Å². The van der Waals surface area contributed by atoms with Gasteiger partial charge in [0.25, 0.3) is 0 Å². The van der Waals surface area contributed by atoms with E-state index in [4.69, 9.17) is 5.26 Å². The lowest BCUT2D eigenvalue weighted by Gasteiger charge is -2.23. The highest BCUT2D eigenvalue weighted by Gasteiger charge is 2.24. The maximum Gasteiger partial charge on any atom is 0.164 e. The molecule has 34 heavy (non-hydrogen) atoms. The number of aromatic nitrogens is 7. The SMILES string of the molecule is C[C@H](C#N)Nc1cc(-n2ncc3cc(C#N)cnc32)ncc1-n1cc(C2CCC(O)CC2)nn1. The van der Waals surface area contributed by atoms with E-state index >= 15 is 0 Å². The van der Waals surface area contributed by atoms with E-state index in [0.29, 0.717) is 28.4 Å². The van der Waals surface area contributed by atoms with E-state index in [2.05, 4.69) is 42.8 Å². The first-order chi connectivity index (χ1) is 16.6. The van der Waals surface area contributed by atoms with Crippen molar-refractivity contribution in [3.8, 4) is 23.6 Å². The molecule has 4 heterocycles. The van der Waals surface area contributed by atoms with Crippen LogP contribution >= 0.6 is 0 Å². The molecule has 0 saturated heterocycles. The zero-order valence-corrected chi connectivity index (χ0v) is 18.5. The molecule has 0 spiro atoms. The second kappa shape index (κ2) is 8.89. The van der Waals surface area contributed by atoms with Crippen molar-refractivity contribution in [1.29, 1.82) is 10.5 Å². The first-order valence-corrected chi connectivity index (χ1v) is 11.1. The summed E-state index contributed by atoms with van der Waals surface area (Å²) >= 11 is 0. The summed E-state index contributed by atoms with van der Waals surface area (Å²) in [5.74, 6) is 0.767. The largest absolute Gasteiger partial charge is 0.393 e. The molecule has 0 aromatic carbocycles. The topological polar surface area (TPSA) is 154 Å². The van der Waals surface area contributed by atoms with Gasteiger partial charge in [-0.1, -0.05) is 5.21 Å². The minimum Gasteiger partial charge on any atom is -0.393 e. The molecule has 1 fully saturated rings. The highest BCUT2D eigenvalue weighted by molar-refractivity contribution is 5.77. The molecular weight excluding hydrogens is 432 g/mol. The van der Waals surface area contributed by atoms with E-state index < -0.39 is 6.04 Å². The van der Waals surface area contributed by atoms with Gasteiger partial charge in [-0.2, -0.15) is 20.3 Å². The van der Waals surface area contributed by atoms with Crippen LogP contribution in [0, 0.1) is 22.7 Å². The van der Waals surface area contributed by atoms with Crippen LogP contribution in [0.4, 0.5) is 5.69 Å². The van der Waals surface area contributed by atoms with E-state index in [1.807, 2.05) is 6.20 Å². The van der Waals surface area contributed by atoms with Crippen LogP contribution in [0.1, 0.15) is 49.8 Å². The van der Waals surface area contributed by atoms with Crippen LogP contribution in [0.25, 0.3) is 22.5 Å². The Morgan fingerprint density at radius 3 is 2.71 bits per heavy atom. The van der Waals surface area contributed by atoms with Gasteiger partial charge in [0.1, 0.15) is 17.8 Å². The predicted molar refractivity (Wildman–Crippen MR) is 122 cm³/mol. The van der Waals surface area contributed by atoms with Crippen LogP contribution in [0.3, 0.4) is 0 Å². The molecule has 11 nitrogen and oxygen atoms in total. The molecule has 0 unspecified atom stereocenters. The molecule has 0 aliphatic heterocycles. The van der Waals surface area contributed by atoms with Gasteiger partial charge in [-0.25, -0.2) is 14.6 Å². The van der Waals surface area contributed by atoms with Gasteiger partial charge in [0, 0.05) is 23.6 Å². The normalized spacial score (nSPS) is 18.8. The molecule has 4 aromatic heterocycles. The summed E-state index contributed by atoms with van der Waals surface area (Å²) < 4.78 is 3.24. The summed E-state index contributed by atoms with van der Waals surface area (Å²) in [5.41, 5.74) is 3.20. The Balaban J connectivity index is 1.52. The summed E-state index contributed by atoms with van der Waals surface area (Å²) in [6.45, 7) is 1.76. The van der Waals surface area contributed by atoms with Crippen molar-refractivity contribution in [3.63, 3.8) is 0 Å². The molecule has 1 atom stereocenters. The lowest BCUT2D eigenvalue weighted by Crippen LogP contribution is -2.17. The number of aliphatic hydroxyl groups is 1. The van der Waals surface area contributed by atoms with E-state index in [-0.39, 0.29) is 12.0 Å². The van der Waals surface area contributed by atoms with Crippen molar-refractivity contribution in [2.75, 3.05) is 5.32 Å². The van der Waals surface area contributed by atoms with Gasteiger partial charge in [-0.05, 0) is 38.7 Å². The van der Waals surface area contributed by atoms with E-state index in [1.54, 1.807) is 40.8 Å². The molecule has 4 aromatic rings. The van der Waals surface area contributed by atoms with Gasteiger partial charge in [0.15, 0.2) is 11.5 Å². The molecule has 1 aliphatic rings. The number of rotatable bonds is 5. The number of anilines is 1. The molecular formula is C23H22N10O. The molecule has 1 aliphatic carbocycles. The maximum absolute atomic E-state index is 9.79. The molecule has 1 saturated carbocycles. The van der Waals surface area contributed by atoms with Crippen molar-refractivity contribution in [2.24, 2.45) is 0 Å². The zero-order valence-electron chi connectivity index (χ0n) is 18.5. The number of hydrogen-bond donors (Lipinski definition) is 2. The van der Waals surface area contributed by atoms with Gasteiger partial charge >= 0.3 is 0 Å². The lowest BCUT2D eigenvalue weighted by atomic mass is 9.86. The van der Waals surface area contributed by atoms with E-state index in [1.165, 1.54) is 6.20 Å². The zero-order chi connectivity index (χ0) is 23.7. The summed E-state index contributed by atoms with van der Waals surface area (Å²) in [7, 11) is 0. The number of nitrogens with zero attached hydrogens (tertiary/aromatic N) is 9. The Bertz CT molecular complexity index is 1420. The fourth-order valence-corrected chi connectivity index (χ4v) is 4.22. The molecule has 2 N–H and O–H groups in total. The van der Waals surface area contributed by atoms with Crippen LogP contribution in [0.15, 0.2) is 36.9 Å². The molecule has 0 bridgehead atoms. The van der Waals surface area contributed by atoms with Crippen LogP contribution < -0.4 is 5.32 Å². The standard InChI is InChI=1S/C23H22N10O/c1-14(8-24)29-19-7-22(33-23-17(11-28-33)6-15(9-25)10-27-23)26-12-21(19)32-13-20(30-31-32)16-2-4-18(34)5-3-16/h6-7,10-14,16,18,34H,2-5H2,1H3,(H,26,29)/t14-,16?,18?/m1/s1. The van der Waals surface area contributed by atoms with E-state index in [9.17, 15) is 10.4 Å². The summed E-state index contributed by atoms with van der Waals surface area (Å²) in [6, 6.07) is 7.31. The molecule has 0 radical (unpaired) electrons. The highest BCUT2D eigenvalue weighted by atomic mass is 16.3. The number of pyridine rings is 2.